The normalized spacial score (nSPS) is 55.7. The molecule has 3 heterocycles. The molecule has 4 heteroatoms. The smallest absolute Gasteiger partial charge is 0.193 e. The van der Waals surface area contributed by atoms with E-state index in [4.69, 9.17) is 9.47 Å². The van der Waals surface area contributed by atoms with E-state index in [1.165, 1.54) is 5.57 Å². The lowest BCUT2D eigenvalue weighted by molar-refractivity contribution is -0.294. The van der Waals surface area contributed by atoms with Gasteiger partial charge in [0.05, 0.1) is 17.8 Å². The van der Waals surface area contributed by atoms with Crippen molar-refractivity contribution in [3.05, 3.63) is 12.2 Å². The van der Waals surface area contributed by atoms with Crippen molar-refractivity contribution in [1.29, 1.82) is 0 Å². The maximum atomic E-state index is 11.2. The molecular formula is C19H30O4. The minimum absolute atomic E-state index is 0.0509. The first-order valence-electron chi connectivity index (χ1n) is 9.18. The monoisotopic (exact) mass is 322 g/mol. The zero-order valence-electron chi connectivity index (χ0n) is 14.5. The number of hydrogen-bond donors (Lipinski definition) is 2. The maximum Gasteiger partial charge on any atom is 0.193 e. The lowest BCUT2D eigenvalue weighted by atomic mass is 9.62. The van der Waals surface area contributed by atoms with Crippen molar-refractivity contribution in [1.82, 2.24) is 0 Å². The molecule has 0 radical (unpaired) electrons. The van der Waals surface area contributed by atoms with Gasteiger partial charge in [0, 0.05) is 24.7 Å². The van der Waals surface area contributed by atoms with E-state index in [1.807, 2.05) is 6.92 Å². The molecule has 0 aromatic rings. The van der Waals surface area contributed by atoms with Gasteiger partial charge in [0.25, 0.3) is 0 Å². The quantitative estimate of drug-likeness (QED) is 0.729. The van der Waals surface area contributed by atoms with Crippen LogP contribution in [0.5, 0.6) is 0 Å². The van der Waals surface area contributed by atoms with Gasteiger partial charge >= 0.3 is 0 Å². The van der Waals surface area contributed by atoms with Gasteiger partial charge in [0.2, 0.25) is 0 Å². The molecule has 1 saturated carbocycles. The van der Waals surface area contributed by atoms with Crippen molar-refractivity contribution in [2.45, 2.75) is 82.6 Å². The summed E-state index contributed by atoms with van der Waals surface area (Å²) in [4.78, 5) is 0. The minimum Gasteiger partial charge on any atom is -0.387 e. The van der Waals surface area contributed by atoms with E-state index >= 15 is 0 Å². The average Bonchev–Trinajstić information content (AvgIpc) is 3.02. The molecule has 0 amide bonds. The highest BCUT2D eigenvalue weighted by Crippen LogP contribution is 2.57. The van der Waals surface area contributed by atoms with Crippen molar-refractivity contribution in [2.75, 3.05) is 0 Å². The standard InChI is InChI=1S/C19H30O4/c1-10(2)12-6-5-11(3)15-13-9-18(4,20)14-7-8-19(21,23-14)17(22-13)16(12)15/h10,12-17,20-21H,3,5-9H2,1-2,4H3/t12-,13-,14+,15-,16-,17-,18+,19-/m1/s1. The van der Waals surface area contributed by atoms with Crippen LogP contribution in [-0.4, -0.2) is 39.9 Å². The van der Waals surface area contributed by atoms with E-state index in [2.05, 4.69) is 20.4 Å². The first-order valence-corrected chi connectivity index (χ1v) is 9.18. The third-order valence-corrected chi connectivity index (χ3v) is 6.97. The lowest BCUT2D eigenvalue weighted by Gasteiger charge is -2.42. The van der Waals surface area contributed by atoms with Crippen LogP contribution in [0.25, 0.3) is 0 Å². The van der Waals surface area contributed by atoms with E-state index in [9.17, 15) is 10.2 Å². The van der Waals surface area contributed by atoms with Gasteiger partial charge in [-0.3, -0.25) is 0 Å². The van der Waals surface area contributed by atoms with E-state index in [0.29, 0.717) is 31.1 Å². The van der Waals surface area contributed by atoms with Crippen LogP contribution in [0.1, 0.15) is 52.9 Å². The molecule has 4 bridgehead atoms. The molecule has 23 heavy (non-hydrogen) atoms. The zero-order valence-corrected chi connectivity index (χ0v) is 14.5. The van der Waals surface area contributed by atoms with Gasteiger partial charge in [-0.1, -0.05) is 26.0 Å². The fourth-order valence-corrected chi connectivity index (χ4v) is 5.78. The largest absolute Gasteiger partial charge is 0.387 e. The molecule has 4 nitrogen and oxygen atoms in total. The van der Waals surface area contributed by atoms with Crippen LogP contribution in [0.15, 0.2) is 12.2 Å². The number of fused-ring (bicyclic) bond motifs is 8. The second-order valence-corrected chi connectivity index (χ2v) is 8.85. The van der Waals surface area contributed by atoms with Gasteiger partial charge in [-0.15, -0.1) is 0 Å². The molecule has 0 unspecified atom stereocenters. The summed E-state index contributed by atoms with van der Waals surface area (Å²) >= 11 is 0. The number of rotatable bonds is 1. The second-order valence-electron chi connectivity index (χ2n) is 8.85. The van der Waals surface area contributed by atoms with Crippen molar-refractivity contribution in [3.63, 3.8) is 0 Å². The highest BCUT2D eigenvalue weighted by molar-refractivity contribution is 5.19. The average molecular weight is 322 g/mol. The number of hydrogen-bond acceptors (Lipinski definition) is 4. The Bertz CT molecular complexity index is 513. The summed E-state index contributed by atoms with van der Waals surface area (Å²) in [5, 5.41) is 22.1. The first-order chi connectivity index (χ1) is 10.7. The SMILES string of the molecule is C=C1CC[C@H](C(C)C)[C@@H]2[C@H]1[C@H]1C[C@](C)(O)[C@@H]3CC[C@@](O)(O3)[C@@H]2O1. The fourth-order valence-electron chi connectivity index (χ4n) is 5.78. The Morgan fingerprint density at radius 3 is 2.70 bits per heavy atom. The van der Waals surface area contributed by atoms with Gasteiger partial charge in [0.1, 0.15) is 6.10 Å². The van der Waals surface area contributed by atoms with Crippen molar-refractivity contribution < 1.29 is 19.7 Å². The van der Waals surface area contributed by atoms with Crippen molar-refractivity contribution in [3.8, 4) is 0 Å². The molecule has 8 atom stereocenters. The van der Waals surface area contributed by atoms with E-state index in [1.54, 1.807) is 0 Å². The molecule has 4 fully saturated rings. The maximum absolute atomic E-state index is 11.2. The van der Waals surface area contributed by atoms with Crippen LogP contribution in [0, 0.1) is 23.7 Å². The van der Waals surface area contributed by atoms with Crippen LogP contribution < -0.4 is 0 Å². The summed E-state index contributed by atoms with van der Waals surface area (Å²) in [7, 11) is 0. The molecule has 4 aliphatic rings. The summed E-state index contributed by atoms with van der Waals surface area (Å²) in [6, 6.07) is 0. The van der Waals surface area contributed by atoms with Gasteiger partial charge < -0.3 is 19.7 Å². The molecule has 0 aromatic heterocycles. The molecule has 4 rings (SSSR count). The second kappa shape index (κ2) is 5.04. The highest BCUT2D eigenvalue weighted by Gasteiger charge is 2.64. The summed E-state index contributed by atoms with van der Waals surface area (Å²) in [5.74, 6) is 0.286. The van der Waals surface area contributed by atoms with Crippen LogP contribution in [-0.2, 0) is 9.47 Å². The van der Waals surface area contributed by atoms with E-state index < -0.39 is 11.4 Å². The Labute approximate surface area is 138 Å². The first kappa shape index (κ1) is 16.1. The van der Waals surface area contributed by atoms with Crippen molar-refractivity contribution in [2.24, 2.45) is 23.7 Å². The summed E-state index contributed by atoms with van der Waals surface area (Å²) in [6.45, 7) is 10.7. The molecule has 3 saturated heterocycles. The Balaban J connectivity index is 1.78. The molecule has 1 aliphatic carbocycles. The van der Waals surface area contributed by atoms with Gasteiger partial charge in [-0.25, -0.2) is 0 Å². The van der Waals surface area contributed by atoms with E-state index in [-0.39, 0.29) is 30.1 Å². The third-order valence-electron chi connectivity index (χ3n) is 6.97. The lowest BCUT2D eigenvalue weighted by Crippen LogP contribution is -2.52. The zero-order chi connectivity index (χ0) is 16.6. The van der Waals surface area contributed by atoms with Crippen LogP contribution in [0.4, 0.5) is 0 Å². The van der Waals surface area contributed by atoms with Crippen molar-refractivity contribution >= 4 is 0 Å². The summed E-state index contributed by atoms with van der Waals surface area (Å²) < 4.78 is 12.4. The topological polar surface area (TPSA) is 58.9 Å². The highest BCUT2D eigenvalue weighted by atomic mass is 16.7. The summed E-state index contributed by atoms with van der Waals surface area (Å²) in [5.41, 5.74) is 0.275. The van der Waals surface area contributed by atoms with Gasteiger partial charge in [-0.2, -0.15) is 0 Å². The molecular weight excluding hydrogens is 292 g/mol. The Hall–Kier alpha value is -0.420. The Morgan fingerprint density at radius 1 is 1.26 bits per heavy atom. The summed E-state index contributed by atoms with van der Waals surface area (Å²) in [6.07, 6.45) is 3.31. The third kappa shape index (κ3) is 2.25. The number of ether oxygens (including phenoxy) is 2. The Kier molecular flexibility index (Phi) is 3.52. The van der Waals surface area contributed by atoms with E-state index in [0.717, 1.165) is 12.8 Å². The predicted octanol–water partition coefficient (Wildman–Crippen LogP) is 2.63. The van der Waals surface area contributed by atoms with Crippen LogP contribution >= 0.6 is 0 Å². The minimum atomic E-state index is -1.25. The predicted molar refractivity (Wildman–Crippen MR) is 86.6 cm³/mol. The molecule has 130 valence electrons. The van der Waals surface area contributed by atoms with Gasteiger partial charge in [-0.05, 0) is 38.0 Å². The van der Waals surface area contributed by atoms with Crippen LogP contribution in [0.2, 0.25) is 0 Å². The van der Waals surface area contributed by atoms with Crippen LogP contribution in [0.3, 0.4) is 0 Å². The molecule has 0 aromatic carbocycles. The number of aliphatic hydroxyl groups is 2. The molecule has 0 spiro atoms. The Morgan fingerprint density at radius 2 is 2.00 bits per heavy atom. The fraction of sp³-hybridized carbons (Fsp3) is 0.895. The van der Waals surface area contributed by atoms with Gasteiger partial charge in [0.15, 0.2) is 5.79 Å². The molecule has 3 aliphatic heterocycles. The molecule has 2 N–H and O–H groups in total.